The number of carbonyl (C=O) groups is 1. The Labute approximate surface area is 135 Å². The van der Waals surface area contributed by atoms with Crippen LogP contribution in [0.4, 0.5) is 0 Å². The number of benzene rings is 2. The van der Waals surface area contributed by atoms with Gasteiger partial charge in [-0.2, -0.15) is 0 Å². The fraction of sp³-hybridized carbons (Fsp3) is 0.278. The van der Waals surface area contributed by atoms with Gasteiger partial charge in [0.2, 0.25) is 0 Å². The van der Waals surface area contributed by atoms with Crippen LogP contribution >= 0.6 is 0 Å². The van der Waals surface area contributed by atoms with Crippen molar-refractivity contribution in [3.63, 3.8) is 0 Å². The van der Waals surface area contributed by atoms with Gasteiger partial charge in [-0.25, -0.2) is 0 Å². The lowest BCUT2D eigenvalue weighted by molar-refractivity contribution is 0.0841. The number of amides is 1. The average Bonchev–Trinajstić information content (AvgIpc) is 2.53. The molecule has 2 rings (SSSR count). The van der Waals surface area contributed by atoms with E-state index in [2.05, 4.69) is 5.32 Å². The molecule has 0 heterocycles. The summed E-state index contributed by atoms with van der Waals surface area (Å²) in [7, 11) is 0. The summed E-state index contributed by atoms with van der Waals surface area (Å²) in [6.45, 7) is 3.90. The fourth-order valence-electron chi connectivity index (χ4n) is 2.09. The van der Waals surface area contributed by atoms with Crippen LogP contribution in [0.2, 0.25) is 0 Å². The largest absolute Gasteiger partial charge is 0.507 e. The van der Waals surface area contributed by atoms with E-state index in [1.807, 2.05) is 38.1 Å². The minimum Gasteiger partial charge on any atom is -0.507 e. The van der Waals surface area contributed by atoms with Gasteiger partial charge in [-0.15, -0.1) is 0 Å². The van der Waals surface area contributed by atoms with Gasteiger partial charge in [-0.3, -0.25) is 4.79 Å². The highest BCUT2D eigenvalue weighted by Crippen LogP contribution is 2.18. The summed E-state index contributed by atoms with van der Waals surface area (Å²) in [6, 6.07) is 12.3. The highest BCUT2D eigenvalue weighted by molar-refractivity contribution is 5.96. The van der Waals surface area contributed by atoms with Crippen LogP contribution in [0.5, 0.6) is 11.5 Å². The molecule has 2 aromatic carbocycles. The molecule has 0 spiro atoms. The van der Waals surface area contributed by atoms with Crippen LogP contribution in [0.25, 0.3) is 0 Å². The maximum Gasteiger partial charge on any atom is 0.255 e. The first-order valence-corrected chi connectivity index (χ1v) is 7.41. The Morgan fingerprint density at radius 3 is 2.65 bits per heavy atom. The molecule has 1 unspecified atom stereocenters. The standard InChI is InChI=1S/C18H21NO4/c1-12-4-3-5-15(8-12)23-11-14(20)10-19-18(22)16-9-13(2)6-7-17(16)21/h3-9,14,20-21H,10-11H2,1-2H3,(H,19,22). The lowest BCUT2D eigenvalue weighted by atomic mass is 10.1. The van der Waals surface area contributed by atoms with Crippen LogP contribution in [-0.2, 0) is 0 Å². The van der Waals surface area contributed by atoms with Gasteiger partial charge in [0.1, 0.15) is 24.2 Å². The van der Waals surface area contributed by atoms with E-state index in [1.54, 1.807) is 12.1 Å². The Kier molecular flexibility index (Phi) is 5.60. The molecule has 0 radical (unpaired) electrons. The number of nitrogens with one attached hydrogen (secondary N) is 1. The van der Waals surface area contributed by atoms with E-state index in [0.717, 1.165) is 11.1 Å². The molecule has 0 aromatic heterocycles. The highest BCUT2D eigenvalue weighted by atomic mass is 16.5. The van der Waals surface area contributed by atoms with E-state index in [0.29, 0.717) is 5.75 Å². The molecular formula is C18H21NO4. The minimum absolute atomic E-state index is 0.0397. The number of aliphatic hydroxyl groups excluding tert-OH is 1. The second-order valence-electron chi connectivity index (χ2n) is 5.51. The molecule has 122 valence electrons. The van der Waals surface area contributed by atoms with Crippen molar-refractivity contribution in [2.24, 2.45) is 0 Å². The van der Waals surface area contributed by atoms with Crippen LogP contribution in [0.3, 0.4) is 0 Å². The van der Waals surface area contributed by atoms with Crippen molar-refractivity contribution in [1.29, 1.82) is 0 Å². The van der Waals surface area contributed by atoms with E-state index >= 15 is 0 Å². The van der Waals surface area contributed by atoms with Crippen LogP contribution in [0, 0.1) is 13.8 Å². The lowest BCUT2D eigenvalue weighted by Crippen LogP contribution is -2.35. The van der Waals surface area contributed by atoms with E-state index < -0.39 is 12.0 Å². The summed E-state index contributed by atoms with van der Waals surface area (Å²) in [5.74, 6) is 0.158. The molecule has 23 heavy (non-hydrogen) atoms. The molecule has 0 saturated heterocycles. The Hall–Kier alpha value is -2.53. The number of rotatable bonds is 6. The number of aromatic hydroxyl groups is 1. The summed E-state index contributed by atoms with van der Waals surface area (Å²) in [5.41, 5.74) is 2.13. The first-order valence-electron chi connectivity index (χ1n) is 7.41. The molecular weight excluding hydrogens is 294 g/mol. The molecule has 2 aromatic rings. The lowest BCUT2D eigenvalue weighted by Gasteiger charge is -2.14. The number of ether oxygens (including phenoxy) is 1. The van der Waals surface area contributed by atoms with Gasteiger partial charge in [-0.05, 0) is 43.7 Å². The Morgan fingerprint density at radius 1 is 1.17 bits per heavy atom. The second kappa shape index (κ2) is 7.65. The van der Waals surface area contributed by atoms with Crippen LogP contribution in [0.1, 0.15) is 21.5 Å². The number of phenolic OH excluding ortho intramolecular Hbond substituents is 1. The van der Waals surface area contributed by atoms with Gasteiger partial charge in [-0.1, -0.05) is 23.8 Å². The molecule has 0 bridgehead atoms. The molecule has 3 N–H and O–H groups in total. The number of aryl methyl sites for hydroxylation is 2. The van der Waals surface area contributed by atoms with E-state index in [-0.39, 0.29) is 24.5 Å². The van der Waals surface area contributed by atoms with Gasteiger partial charge in [0.25, 0.3) is 5.91 Å². The zero-order chi connectivity index (χ0) is 16.8. The minimum atomic E-state index is -0.841. The third kappa shape index (κ3) is 5.00. The van der Waals surface area contributed by atoms with Crippen molar-refractivity contribution >= 4 is 5.91 Å². The molecule has 1 atom stereocenters. The molecule has 0 aliphatic rings. The number of hydrogen-bond donors (Lipinski definition) is 3. The Morgan fingerprint density at radius 2 is 1.91 bits per heavy atom. The van der Waals surface area contributed by atoms with E-state index in [4.69, 9.17) is 4.74 Å². The van der Waals surface area contributed by atoms with E-state index in [1.165, 1.54) is 6.07 Å². The van der Waals surface area contributed by atoms with Crippen molar-refractivity contribution in [3.05, 3.63) is 59.2 Å². The summed E-state index contributed by atoms with van der Waals surface area (Å²) in [4.78, 5) is 12.0. The zero-order valence-electron chi connectivity index (χ0n) is 13.2. The third-order valence-corrected chi connectivity index (χ3v) is 3.33. The van der Waals surface area contributed by atoms with Crippen LogP contribution < -0.4 is 10.1 Å². The Balaban J connectivity index is 1.83. The van der Waals surface area contributed by atoms with Gasteiger partial charge >= 0.3 is 0 Å². The maximum atomic E-state index is 12.0. The highest BCUT2D eigenvalue weighted by Gasteiger charge is 2.13. The molecule has 0 aliphatic carbocycles. The molecule has 0 aliphatic heterocycles. The van der Waals surface area contributed by atoms with Crippen LogP contribution in [-0.4, -0.2) is 35.4 Å². The summed E-state index contributed by atoms with van der Waals surface area (Å²) < 4.78 is 5.48. The number of aliphatic hydroxyl groups is 1. The predicted octanol–water partition coefficient (Wildman–Crippen LogP) is 2.18. The maximum absolute atomic E-state index is 12.0. The van der Waals surface area contributed by atoms with Crippen molar-refractivity contribution < 1.29 is 19.7 Å². The van der Waals surface area contributed by atoms with Crippen molar-refractivity contribution in [1.82, 2.24) is 5.32 Å². The SMILES string of the molecule is Cc1cccc(OCC(O)CNC(=O)c2cc(C)ccc2O)c1. The Bertz CT molecular complexity index is 684. The smallest absolute Gasteiger partial charge is 0.255 e. The summed E-state index contributed by atoms with van der Waals surface area (Å²) >= 11 is 0. The number of phenols is 1. The number of hydrogen-bond acceptors (Lipinski definition) is 4. The molecule has 5 heteroatoms. The molecule has 1 amide bonds. The third-order valence-electron chi connectivity index (χ3n) is 3.33. The zero-order valence-corrected chi connectivity index (χ0v) is 13.2. The van der Waals surface area contributed by atoms with Gasteiger partial charge in [0.15, 0.2) is 0 Å². The quantitative estimate of drug-likeness (QED) is 0.763. The first kappa shape index (κ1) is 16.8. The van der Waals surface area contributed by atoms with E-state index in [9.17, 15) is 15.0 Å². The average molecular weight is 315 g/mol. The normalized spacial score (nSPS) is 11.8. The predicted molar refractivity (Wildman–Crippen MR) is 87.9 cm³/mol. The molecule has 0 saturated carbocycles. The second-order valence-corrected chi connectivity index (χ2v) is 5.51. The van der Waals surface area contributed by atoms with Crippen molar-refractivity contribution in [3.8, 4) is 11.5 Å². The van der Waals surface area contributed by atoms with Crippen LogP contribution in [0.15, 0.2) is 42.5 Å². The van der Waals surface area contributed by atoms with Crippen molar-refractivity contribution in [2.75, 3.05) is 13.2 Å². The monoisotopic (exact) mass is 315 g/mol. The van der Waals surface area contributed by atoms with Gasteiger partial charge in [0.05, 0.1) is 5.56 Å². The summed E-state index contributed by atoms with van der Waals surface area (Å²) in [5, 5.41) is 22.2. The molecule has 0 fully saturated rings. The van der Waals surface area contributed by atoms with Crippen molar-refractivity contribution in [2.45, 2.75) is 20.0 Å². The fourth-order valence-corrected chi connectivity index (χ4v) is 2.09. The number of carbonyl (C=O) groups excluding carboxylic acids is 1. The van der Waals surface area contributed by atoms with Gasteiger partial charge < -0.3 is 20.3 Å². The first-order chi connectivity index (χ1) is 11.0. The molecule has 5 nitrogen and oxygen atoms in total. The topological polar surface area (TPSA) is 78.8 Å². The van der Waals surface area contributed by atoms with Gasteiger partial charge in [0, 0.05) is 6.54 Å². The summed E-state index contributed by atoms with van der Waals surface area (Å²) in [6.07, 6.45) is -0.841.